The van der Waals surface area contributed by atoms with Crippen LogP contribution in [0.2, 0.25) is 0 Å². The highest BCUT2D eigenvalue weighted by atomic mass is 16.3. The summed E-state index contributed by atoms with van der Waals surface area (Å²) in [5.74, 6) is 1.56. The van der Waals surface area contributed by atoms with Crippen LogP contribution < -0.4 is 5.73 Å². The van der Waals surface area contributed by atoms with Crippen LogP contribution >= 0.6 is 0 Å². The molecule has 16 heavy (non-hydrogen) atoms. The highest BCUT2D eigenvalue weighted by Crippen LogP contribution is 2.13. The SMILES string of the molecule is CCC(C)(N)C(=O)N(C)Cc1ccc(C)o1. The van der Waals surface area contributed by atoms with Crippen LogP contribution in [0.25, 0.3) is 0 Å². The monoisotopic (exact) mass is 224 g/mol. The molecule has 90 valence electrons. The van der Waals surface area contributed by atoms with Crippen LogP contribution in [-0.2, 0) is 11.3 Å². The molecule has 4 nitrogen and oxygen atoms in total. The maximum atomic E-state index is 12.0. The van der Waals surface area contributed by atoms with Crippen molar-refractivity contribution in [1.82, 2.24) is 4.90 Å². The second-order valence-electron chi connectivity index (χ2n) is 4.44. The Morgan fingerprint density at radius 3 is 2.62 bits per heavy atom. The van der Waals surface area contributed by atoms with E-state index in [1.54, 1.807) is 18.9 Å². The number of amides is 1. The van der Waals surface area contributed by atoms with Crippen molar-refractivity contribution < 1.29 is 9.21 Å². The summed E-state index contributed by atoms with van der Waals surface area (Å²) in [6, 6.07) is 3.76. The maximum Gasteiger partial charge on any atom is 0.242 e. The number of carbonyl (C=O) groups excluding carboxylic acids is 1. The molecule has 0 saturated carbocycles. The molecular weight excluding hydrogens is 204 g/mol. The lowest BCUT2D eigenvalue weighted by Gasteiger charge is -2.27. The first kappa shape index (κ1) is 12.8. The molecule has 4 heteroatoms. The van der Waals surface area contributed by atoms with Gasteiger partial charge in [-0.25, -0.2) is 0 Å². The molecular formula is C12H20N2O2. The Hall–Kier alpha value is -1.29. The lowest BCUT2D eigenvalue weighted by atomic mass is 9.99. The van der Waals surface area contributed by atoms with E-state index in [-0.39, 0.29) is 5.91 Å². The number of aryl methyl sites for hydroxylation is 1. The van der Waals surface area contributed by atoms with E-state index in [1.807, 2.05) is 26.0 Å². The summed E-state index contributed by atoms with van der Waals surface area (Å²) in [5.41, 5.74) is 5.10. The van der Waals surface area contributed by atoms with Crippen LogP contribution in [0.5, 0.6) is 0 Å². The summed E-state index contributed by atoms with van der Waals surface area (Å²) in [6.45, 7) is 5.99. The first-order chi connectivity index (χ1) is 7.36. The number of furan rings is 1. The third-order valence-corrected chi connectivity index (χ3v) is 2.76. The number of carbonyl (C=O) groups is 1. The molecule has 1 aromatic heterocycles. The molecule has 0 radical (unpaired) electrons. The number of likely N-dealkylation sites (N-methyl/N-ethyl adjacent to an activating group) is 1. The number of rotatable bonds is 4. The van der Waals surface area contributed by atoms with Crippen molar-refractivity contribution in [2.24, 2.45) is 5.73 Å². The fourth-order valence-corrected chi connectivity index (χ4v) is 1.46. The van der Waals surface area contributed by atoms with Crippen LogP contribution in [0.15, 0.2) is 16.5 Å². The molecule has 0 bridgehead atoms. The summed E-state index contributed by atoms with van der Waals surface area (Å²) in [7, 11) is 1.74. The van der Waals surface area contributed by atoms with Gasteiger partial charge in [0.05, 0.1) is 12.1 Å². The van der Waals surface area contributed by atoms with Crippen molar-refractivity contribution in [2.45, 2.75) is 39.3 Å². The summed E-state index contributed by atoms with van der Waals surface area (Å²) in [6.07, 6.45) is 0.618. The zero-order valence-corrected chi connectivity index (χ0v) is 10.4. The van der Waals surface area contributed by atoms with E-state index in [4.69, 9.17) is 10.2 Å². The van der Waals surface area contributed by atoms with Crippen molar-refractivity contribution in [3.63, 3.8) is 0 Å². The fourth-order valence-electron chi connectivity index (χ4n) is 1.46. The van der Waals surface area contributed by atoms with E-state index in [0.717, 1.165) is 11.5 Å². The standard InChI is InChI=1S/C12H20N2O2/c1-5-12(3,13)11(15)14(4)8-10-7-6-9(2)16-10/h6-7H,5,8,13H2,1-4H3. The van der Waals surface area contributed by atoms with E-state index in [9.17, 15) is 4.79 Å². The average Bonchev–Trinajstić information content (AvgIpc) is 2.62. The van der Waals surface area contributed by atoms with E-state index < -0.39 is 5.54 Å². The predicted octanol–water partition coefficient (Wildman–Crippen LogP) is 1.67. The zero-order valence-electron chi connectivity index (χ0n) is 10.4. The molecule has 0 fully saturated rings. The molecule has 1 amide bonds. The molecule has 2 N–H and O–H groups in total. The largest absolute Gasteiger partial charge is 0.464 e. The summed E-state index contributed by atoms with van der Waals surface area (Å²) in [4.78, 5) is 13.6. The van der Waals surface area contributed by atoms with Crippen molar-refractivity contribution in [3.05, 3.63) is 23.7 Å². The molecule has 1 aromatic rings. The van der Waals surface area contributed by atoms with Crippen molar-refractivity contribution in [1.29, 1.82) is 0 Å². The number of hydrogen-bond donors (Lipinski definition) is 1. The van der Waals surface area contributed by atoms with Gasteiger partial charge in [-0.2, -0.15) is 0 Å². The van der Waals surface area contributed by atoms with Crippen LogP contribution in [0, 0.1) is 6.92 Å². The first-order valence-electron chi connectivity index (χ1n) is 5.46. The summed E-state index contributed by atoms with van der Waals surface area (Å²) >= 11 is 0. The Bertz CT molecular complexity index is 369. The average molecular weight is 224 g/mol. The van der Waals surface area contributed by atoms with Crippen LogP contribution in [0.1, 0.15) is 31.8 Å². The topological polar surface area (TPSA) is 59.5 Å². The van der Waals surface area contributed by atoms with Gasteiger partial charge in [0.2, 0.25) is 5.91 Å². The van der Waals surface area contributed by atoms with E-state index in [2.05, 4.69) is 0 Å². The Morgan fingerprint density at radius 2 is 2.19 bits per heavy atom. The zero-order chi connectivity index (χ0) is 12.3. The van der Waals surface area contributed by atoms with Gasteiger partial charge in [-0.3, -0.25) is 4.79 Å². The van der Waals surface area contributed by atoms with Gasteiger partial charge in [-0.1, -0.05) is 6.92 Å². The third-order valence-electron chi connectivity index (χ3n) is 2.76. The highest BCUT2D eigenvalue weighted by Gasteiger charge is 2.29. The second-order valence-corrected chi connectivity index (χ2v) is 4.44. The maximum absolute atomic E-state index is 12.0. The lowest BCUT2D eigenvalue weighted by molar-refractivity contribution is -0.135. The fraction of sp³-hybridized carbons (Fsp3) is 0.583. The quantitative estimate of drug-likeness (QED) is 0.846. The molecule has 1 heterocycles. The Kier molecular flexibility index (Phi) is 3.75. The lowest BCUT2D eigenvalue weighted by Crippen LogP contribution is -2.51. The van der Waals surface area contributed by atoms with Gasteiger partial charge >= 0.3 is 0 Å². The van der Waals surface area contributed by atoms with Crippen LogP contribution in [0.4, 0.5) is 0 Å². The molecule has 0 aromatic carbocycles. The smallest absolute Gasteiger partial charge is 0.242 e. The first-order valence-corrected chi connectivity index (χ1v) is 5.46. The van der Waals surface area contributed by atoms with Gasteiger partial charge in [-0.05, 0) is 32.4 Å². The predicted molar refractivity (Wildman–Crippen MR) is 62.8 cm³/mol. The summed E-state index contributed by atoms with van der Waals surface area (Å²) in [5, 5.41) is 0. The van der Waals surface area contributed by atoms with Gasteiger partial charge in [0.1, 0.15) is 11.5 Å². The van der Waals surface area contributed by atoms with Gasteiger partial charge in [0.25, 0.3) is 0 Å². The van der Waals surface area contributed by atoms with Crippen LogP contribution in [0.3, 0.4) is 0 Å². The Balaban J connectivity index is 2.65. The van der Waals surface area contributed by atoms with Gasteiger partial charge in [0.15, 0.2) is 0 Å². The molecule has 1 unspecified atom stereocenters. The Labute approximate surface area is 96.4 Å². The molecule has 1 rings (SSSR count). The molecule has 0 saturated heterocycles. The van der Waals surface area contributed by atoms with E-state index in [0.29, 0.717) is 13.0 Å². The molecule has 1 atom stereocenters. The minimum absolute atomic E-state index is 0.0657. The number of nitrogens with zero attached hydrogens (tertiary/aromatic N) is 1. The highest BCUT2D eigenvalue weighted by molar-refractivity contribution is 5.85. The van der Waals surface area contributed by atoms with Crippen molar-refractivity contribution >= 4 is 5.91 Å². The Morgan fingerprint density at radius 1 is 1.56 bits per heavy atom. The normalized spacial score (nSPS) is 14.6. The second kappa shape index (κ2) is 4.70. The molecule has 0 aliphatic rings. The minimum Gasteiger partial charge on any atom is -0.464 e. The number of nitrogens with two attached hydrogens (primary N) is 1. The van der Waals surface area contributed by atoms with Gasteiger partial charge in [0, 0.05) is 7.05 Å². The van der Waals surface area contributed by atoms with Gasteiger partial charge in [-0.15, -0.1) is 0 Å². The van der Waals surface area contributed by atoms with E-state index in [1.165, 1.54) is 0 Å². The third kappa shape index (κ3) is 2.85. The molecule has 0 spiro atoms. The van der Waals surface area contributed by atoms with E-state index >= 15 is 0 Å². The minimum atomic E-state index is -0.795. The van der Waals surface area contributed by atoms with Crippen LogP contribution in [-0.4, -0.2) is 23.4 Å². The molecule has 0 aliphatic carbocycles. The molecule has 0 aliphatic heterocycles. The van der Waals surface area contributed by atoms with Gasteiger partial charge < -0.3 is 15.1 Å². The van der Waals surface area contributed by atoms with Crippen molar-refractivity contribution in [3.8, 4) is 0 Å². The number of hydrogen-bond acceptors (Lipinski definition) is 3. The van der Waals surface area contributed by atoms with Crippen molar-refractivity contribution in [2.75, 3.05) is 7.05 Å². The summed E-state index contributed by atoms with van der Waals surface area (Å²) < 4.78 is 5.42.